The Kier molecular flexibility index (Phi) is 3.38. The number of imide groups is 1. The highest BCUT2D eigenvalue weighted by molar-refractivity contribution is 5.95. The van der Waals surface area contributed by atoms with Crippen LogP contribution in [0.4, 0.5) is 19.7 Å². The van der Waals surface area contributed by atoms with Crippen LogP contribution in [0.25, 0.3) is 0 Å². The molecule has 2 saturated heterocycles. The van der Waals surface area contributed by atoms with Gasteiger partial charge in [-0.15, -0.1) is 5.53 Å². The molecule has 0 radical (unpaired) electrons. The number of anilines is 1. The lowest BCUT2D eigenvalue weighted by Crippen LogP contribution is -2.51. The van der Waals surface area contributed by atoms with E-state index < -0.39 is 17.9 Å². The van der Waals surface area contributed by atoms with Crippen molar-refractivity contribution in [1.82, 2.24) is 20.9 Å². The Labute approximate surface area is 121 Å². The second-order valence-corrected chi connectivity index (χ2v) is 5.13. The third-order valence-electron chi connectivity index (χ3n) is 3.67. The molecule has 2 heterocycles. The van der Waals surface area contributed by atoms with E-state index >= 15 is 0 Å². The number of nitrogens with one attached hydrogen (secondary N) is 2. The monoisotopic (exact) mass is 293 g/mol. The lowest BCUT2D eigenvalue weighted by molar-refractivity contribution is 0.147. The summed E-state index contributed by atoms with van der Waals surface area (Å²) in [6.45, 7) is 2.58. The Hall–Kier alpha value is -2.35. The summed E-state index contributed by atoms with van der Waals surface area (Å²) >= 11 is 0. The zero-order valence-corrected chi connectivity index (χ0v) is 11.5. The Morgan fingerprint density at radius 1 is 1.43 bits per heavy atom. The number of likely N-dealkylation sites (tertiary alicyclic amines) is 1. The molecule has 112 valence electrons. The van der Waals surface area contributed by atoms with Crippen molar-refractivity contribution in [3.63, 3.8) is 0 Å². The van der Waals surface area contributed by atoms with Crippen LogP contribution in [0, 0.1) is 5.82 Å². The first kappa shape index (κ1) is 13.6. The van der Waals surface area contributed by atoms with E-state index in [4.69, 9.17) is 0 Å². The number of halogens is 1. The fourth-order valence-corrected chi connectivity index (χ4v) is 2.53. The normalized spacial score (nSPS) is 21.9. The molecule has 2 N–H and O–H groups in total. The lowest BCUT2D eigenvalue weighted by Gasteiger charge is -2.25. The topological polar surface area (TPSA) is 67.9 Å². The Morgan fingerprint density at radius 2 is 2.24 bits per heavy atom. The van der Waals surface area contributed by atoms with Gasteiger partial charge in [0, 0.05) is 18.7 Å². The Morgan fingerprint density at radius 3 is 2.90 bits per heavy atom. The molecule has 3 rings (SSSR count). The molecule has 2 fully saturated rings. The molecule has 0 spiro atoms. The molecular weight excluding hydrogens is 277 g/mol. The van der Waals surface area contributed by atoms with Gasteiger partial charge in [-0.25, -0.2) is 19.4 Å². The van der Waals surface area contributed by atoms with Crippen molar-refractivity contribution in [2.45, 2.75) is 25.8 Å². The van der Waals surface area contributed by atoms with E-state index in [0.29, 0.717) is 12.2 Å². The van der Waals surface area contributed by atoms with Crippen LogP contribution in [-0.2, 0) is 0 Å². The van der Waals surface area contributed by atoms with Crippen molar-refractivity contribution in [3.05, 3.63) is 30.1 Å². The standard InChI is InChI=1S/C13H16FN5O2/c1-9-4-3-7-17(9)13(21)18-12(20)15-19(16-18)11-6-2-5-10(14)8-11/h2,5-6,8-9,16H,3-4,7H2,1H3,(H,15,20). The smallest absolute Gasteiger partial charge is 0.320 e. The summed E-state index contributed by atoms with van der Waals surface area (Å²) < 4.78 is 13.2. The van der Waals surface area contributed by atoms with Gasteiger partial charge in [0.05, 0.1) is 5.69 Å². The summed E-state index contributed by atoms with van der Waals surface area (Å²) in [6, 6.07) is 4.79. The minimum Gasteiger partial charge on any atom is -0.320 e. The minimum atomic E-state index is -0.594. The fraction of sp³-hybridized carbons (Fsp3) is 0.385. The Balaban J connectivity index is 1.74. The largest absolute Gasteiger partial charge is 0.361 e. The van der Waals surface area contributed by atoms with Crippen molar-refractivity contribution >= 4 is 17.7 Å². The van der Waals surface area contributed by atoms with Crippen molar-refractivity contribution in [2.24, 2.45) is 0 Å². The number of hydrogen-bond acceptors (Lipinski definition) is 4. The summed E-state index contributed by atoms with van der Waals surface area (Å²) in [5.41, 5.74) is 5.49. The van der Waals surface area contributed by atoms with Crippen LogP contribution in [0.2, 0.25) is 0 Å². The van der Waals surface area contributed by atoms with Crippen LogP contribution in [0.15, 0.2) is 24.3 Å². The van der Waals surface area contributed by atoms with Gasteiger partial charge < -0.3 is 4.90 Å². The molecule has 4 amide bonds. The molecule has 1 aromatic rings. The number of benzene rings is 1. The van der Waals surface area contributed by atoms with E-state index in [1.807, 2.05) is 6.92 Å². The maximum Gasteiger partial charge on any atom is 0.361 e. The zero-order chi connectivity index (χ0) is 15.0. The number of urea groups is 2. The molecule has 2 aliphatic heterocycles. The maximum absolute atomic E-state index is 13.2. The number of carbonyl (C=O) groups excluding carboxylic acids is 2. The first-order chi connectivity index (χ1) is 10.1. The predicted molar refractivity (Wildman–Crippen MR) is 73.2 cm³/mol. The maximum atomic E-state index is 13.2. The van der Waals surface area contributed by atoms with Crippen molar-refractivity contribution in [2.75, 3.05) is 11.7 Å². The minimum absolute atomic E-state index is 0.107. The number of nitrogens with zero attached hydrogens (tertiary/aromatic N) is 3. The van der Waals surface area contributed by atoms with Gasteiger partial charge in [0.2, 0.25) is 0 Å². The van der Waals surface area contributed by atoms with Gasteiger partial charge in [0.1, 0.15) is 5.82 Å². The van der Waals surface area contributed by atoms with E-state index in [0.717, 1.165) is 17.9 Å². The average Bonchev–Trinajstić information content (AvgIpc) is 3.04. The van der Waals surface area contributed by atoms with Gasteiger partial charge in [0.15, 0.2) is 0 Å². The zero-order valence-electron chi connectivity index (χ0n) is 11.5. The lowest BCUT2D eigenvalue weighted by atomic mass is 10.2. The van der Waals surface area contributed by atoms with Crippen LogP contribution >= 0.6 is 0 Å². The number of rotatable bonds is 1. The highest BCUT2D eigenvalue weighted by atomic mass is 19.1. The summed E-state index contributed by atoms with van der Waals surface area (Å²) in [7, 11) is 0. The van der Waals surface area contributed by atoms with E-state index in [1.165, 1.54) is 23.3 Å². The number of hydrazine groups is 3. The number of amides is 4. The van der Waals surface area contributed by atoms with Crippen LogP contribution in [0.3, 0.4) is 0 Å². The third kappa shape index (κ3) is 2.49. The predicted octanol–water partition coefficient (Wildman–Crippen LogP) is 1.60. The van der Waals surface area contributed by atoms with Gasteiger partial charge in [-0.05, 0) is 31.9 Å². The molecule has 1 unspecified atom stereocenters. The van der Waals surface area contributed by atoms with Crippen molar-refractivity contribution in [3.8, 4) is 0 Å². The molecule has 7 nitrogen and oxygen atoms in total. The number of hydrogen-bond donors (Lipinski definition) is 2. The second-order valence-electron chi connectivity index (χ2n) is 5.13. The molecule has 0 saturated carbocycles. The summed E-state index contributed by atoms with van der Waals surface area (Å²) in [4.78, 5) is 25.9. The Bertz CT molecular complexity index is 581. The molecule has 1 atom stereocenters. The van der Waals surface area contributed by atoms with E-state index in [9.17, 15) is 14.0 Å². The molecular formula is C13H16FN5O2. The van der Waals surface area contributed by atoms with Crippen molar-refractivity contribution < 1.29 is 14.0 Å². The van der Waals surface area contributed by atoms with E-state index in [-0.39, 0.29) is 6.04 Å². The second kappa shape index (κ2) is 5.21. The fourth-order valence-electron chi connectivity index (χ4n) is 2.53. The van der Waals surface area contributed by atoms with Crippen LogP contribution < -0.4 is 16.1 Å². The molecule has 0 aromatic heterocycles. The molecule has 21 heavy (non-hydrogen) atoms. The van der Waals surface area contributed by atoms with Crippen LogP contribution in [0.5, 0.6) is 0 Å². The van der Waals surface area contributed by atoms with Crippen molar-refractivity contribution in [1.29, 1.82) is 0 Å². The summed E-state index contributed by atoms with van der Waals surface area (Å²) in [5.74, 6) is -0.429. The average molecular weight is 293 g/mol. The van der Waals surface area contributed by atoms with Gasteiger partial charge in [0.25, 0.3) is 0 Å². The van der Waals surface area contributed by atoms with Gasteiger partial charge in [-0.2, -0.15) is 10.1 Å². The summed E-state index contributed by atoms with van der Waals surface area (Å²) in [6.07, 6.45) is 1.85. The molecule has 1 aromatic carbocycles. The van der Waals surface area contributed by atoms with Gasteiger partial charge in [-0.3, -0.25) is 0 Å². The van der Waals surface area contributed by atoms with E-state index in [1.54, 1.807) is 11.0 Å². The molecule has 2 aliphatic rings. The first-order valence-corrected chi connectivity index (χ1v) is 6.79. The molecule has 0 bridgehead atoms. The highest BCUT2D eigenvalue weighted by Crippen LogP contribution is 2.20. The van der Waals surface area contributed by atoms with Crippen LogP contribution in [-0.4, -0.2) is 34.6 Å². The third-order valence-corrected chi connectivity index (χ3v) is 3.67. The van der Waals surface area contributed by atoms with Gasteiger partial charge in [-0.1, -0.05) is 6.07 Å². The number of carbonyl (C=O) groups is 2. The SMILES string of the molecule is CC1CCCN1C(=O)N1NN(c2cccc(F)c2)NC1=O. The first-order valence-electron chi connectivity index (χ1n) is 6.79. The van der Waals surface area contributed by atoms with Gasteiger partial charge >= 0.3 is 12.1 Å². The van der Waals surface area contributed by atoms with E-state index in [2.05, 4.69) is 11.0 Å². The summed E-state index contributed by atoms with van der Waals surface area (Å²) in [5, 5.41) is 2.11. The molecule has 0 aliphatic carbocycles. The highest BCUT2D eigenvalue weighted by Gasteiger charge is 2.38. The molecule has 8 heteroatoms. The quantitative estimate of drug-likeness (QED) is 0.825. The van der Waals surface area contributed by atoms with Crippen LogP contribution in [0.1, 0.15) is 19.8 Å².